The summed E-state index contributed by atoms with van der Waals surface area (Å²) in [5.74, 6) is -0.250. The molecule has 4 nitrogen and oxygen atoms in total. The van der Waals surface area contributed by atoms with Crippen LogP contribution in [0.25, 0.3) is 0 Å². The summed E-state index contributed by atoms with van der Waals surface area (Å²) in [5, 5.41) is 18.8. The van der Waals surface area contributed by atoms with Crippen molar-refractivity contribution in [2.24, 2.45) is 0 Å². The Bertz CT molecular complexity index is 788. The summed E-state index contributed by atoms with van der Waals surface area (Å²) < 4.78 is 25.2. The van der Waals surface area contributed by atoms with E-state index in [2.05, 4.69) is 0 Å². The van der Waals surface area contributed by atoms with Gasteiger partial charge < -0.3 is 10.2 Å². The first-order valence-electron chi connectivity index (χ1n) is 7.85. The van der Waals surface area contributed by atoms with Gasteiger partial charge in [-0.2, -0.15) is 0 Å². The van der Waals surface area contributed by atoms with Gasteiger partial charge in [0.15, 0.2) is 11.5 Å². The van der Waals surface area contributed by atoms with Crippen molar-refractivity contribution in [3.05, 3.63) is 48.0 Å². The van der Waals surface area contributed by atoms with Crippen molar-refractivity contribution in [3.63, 3.8) is 0 Å². The van der Waals surface area contributed by atoms with Crippen LogP contribution in [-0.2, 0) is 9.84 Å². The third kappa shape index (κ3) is 3.20. The predicted octanol–water partition coefficient (Wildman–Crippen LogP) is 3.98. The number of rotatable bonds is 3. The minimum absolute atomic E-state index is 0.0294. The second kappa shape index (κ2) is 6.24. The Labute approximate surface area is 136 Å². The van der Waals surface area contributed by atoms with Gasteiger partial charge in [-0.3, -0.25) is 0 Å². The van der Waals surface area contributed by atoms with E-state index in [0.717, 1.165) is 18.9 Å². The molecule has 0 aromatic heterocycles. The van der Waals surface area contributed by atoms with E-state index in [1.807, 2.05) is 12.1 Å². The minimum atomic E-state index is -3.70. The van der Waals surface area contributed by atoms with Crippen LogP contribution in [-0.4, -0.2) is 18.6 Å². The number of benzene rings is 2. The largest absolute Gasteiger partial charge is 0.504 e. The Morgan fingerprint density at radius 3 is 2.00 bits per heavy atom. The van der Waals surface area contributed by atoms with Gasteiger partial charge in [0.05, 0.1) is 9.79 Å². The molecule has 0 heterocycles. The summed E-state index contributed by atoms with van der Waals surface area (Å²) in [6, 6.07) is 10.6. The molecule has 0 bridgehead atoms. The Kier molecular flexibility index (Phi) is 4.31. The van der Waals surface area contributed by atoms with Crippen LogP contribution >= 0.6 is 0 Å². The van der Waals surface area contributed by atoms with E-state index in [1.54, 1.807) is 12.1 Å². The zero-order chi connectivity index (χ0) is 16.4. The monoisotopic (exact) mass is 332 g/mol. The molecule has 0 radical (unpaired) electrons. The van der Waals surface area contributed by atoms with Gasteiger partial charge in [-0.25, -0.2) is 8.42 Å². The van der Waals surface area contributed by atoms with Crippen LogP contribution in [0.5, 0.6) is 11.5 Å². The lowest BCUT2D eigenvalue weighted by atomic mass is 9.84. The molecule has 1 aliphatic carbocycles. The fourth-order valence-electron chi connectivity index (χ4n) is 3.16. The van der Waals surface area contributed by atoms with Gasteiger partial charge in [-0.15, -0.1) is 0 Å². The first-order chi connectivity index (χ1) is 11.0. The fourth-order valence-corrected chi connectivity index (χ4v) is 4.44. The molecular formula is C18H20O4S. The van der Waals surface area contributed by atoms with Crippen LogP contribution < -0.4 is 0 Å². The number of phenols is 2. The van der Waals surface area contributed by atoms with Crippen LogP contribution in [0.2, 0.25) is 0 Å². The summed E-state index contributed by atoms with van der Waals surface area (Å²) in [6.45, 7) is 0. The molecule has 0 spiro atoms. The number of phenolic OH excluding ortho intramolecular Hbond substituents is 2. The maximum Gasteiger partial charge on any atom is 0.206 e. The van der Waals surface area contributed by atoms with Crippen LogP contribution in [0.3, 0.4) is 0 Å². The van der Waals surface area contributed by atoms with E-state index in [0.29, 0.717) is 5.92 Å². The van der Waals surface area contributed by atoms with Crippen molar-refractivity contribution < 1.29 is 18.6 Å². The van der Waals surface area contributed by atoms with Crippen LogP contribution in [0.15, 0.2) is 52.3 Å². The van der Waals surface area contributed by atoms with Gasteiger partial charge >= 0.3 is 0 Å². The maximum atomic E-state index is 12.6. The molecule has 1 fully saturated rings. The first kappa shape index (κ1) is 15.9. The van der Waals surface area contributed by atoms with Gasteiger partial charge in [0.25, 0.3) is 0 Å². The smallest absolute Gasteiger partial charge is 0.206 e. The molecule has 5 heteroatoms. The molecule has 1 aliphatic rings. The molecule has 3 rings (SSSR count). The fraction of sp³-hybridized carbons (Fsp3) is 0.333. The summed E-state index contributed by atoms with van der Waals surface area (Å²) in [4.78, 5) is 0.167. The van der Waals surface area contributed by atoms with Crippen molar-refractivity contribution in [3.8, 4) is 11.5 Å². The van der Waals surface area contributed by atoms with Gasteiger partial charge in [-0.05, 0) is 48.6 Å². The van der Waals surface area contributed by atoms with Crippen LogP contribution in [0.1, 0.15) is 43.6 Å². The third-order valence-electron chi connectivity index (χ3n) is 4.52. The number of hydrogen-bond donors (Lipinski definition) is 2. The van der Waals surface area contributed by atoms with Crippen molar-refractivity contribution in [2.45, 2.75) is 47.8 Å². The molecule has 2 N–H and O–H groups in total. The Balaban J connectivity index is 1.89. The highest BCUT2D eigenvalue weighted by Crippen LogP contribution is 2.34. The van der Waals surface area contributed by atoms with E-state index in [4.69, 9.17) is 0 Å². The molecule has 0 amide bonds. The lowest BCUT2D eigenvalue weighted by molar-refractivity contribution is 0.402. The third-order valence-corrected chi connectivity index (χ3v) is 6.29. The molecule has 23 heavy (non-hydrogen) atoms. The normalized spacial score (nSPS) is 16.3. The summed E-state index contributed by atoms with van der Waals surface area (Å²) in [6.07, 6.45) is 6.08. The summed E-state index contributed by atoms with van der Waals surface area (Å²) >= 11 is 0. The number of hydrogen-bond acceptors (Lipinski definition) is 4. The van der Waals surface area contributed by atoms with Crippen molar-refractivity contribution in [2.75, 3.05) is 0 Å². The second-order valence-corrected chi connectivity index (χ2v) is 8.01. The first-order valence-corrected chi connectivity index (χ1v) is 9.34. The van der Waals surface area contributed by atoms with Crippen LogP contribution in [0, 0.1) is 0 Å². The number of aromatic hydroxyl groups is 2. The SMILES string of the molecule is O=S(=O)(c1ccc(C2CCCCC2)cc1)c1ccc(O)c(O)c1. The molecule has 0 unspecified atom stereocenters. The lowest BCUT2D eigenvalue weighted by Crippen LogP contribution is -2.06. The summed E-state index contributed by atoms with van der Waals surface area (Å²) in [7, 11) is -3.70. The average Bonchev–Trinajstić information content (AvgIpc) is 2.58. The summed E-state index contributed by atoms with van der Waals surface area (Å²) in [5.41, 5.74) is 1.19. The van der Waals surface area contributed by atoms with E-state index >= 15 is 0 Å². The number of sulfone groups is 1. The van der Waals surface area contributed by atoms with Crippen molar-refractivity contribution >= 4 is 9.84 Å². The average molecular weight is 332 g/mol. The van der Waals surface area contributed by atoms with Gasteiger partial charge in [0.2, 0.25) is 9.84 Å². The highest BCUT2D eigenvalue weighted by molar-refractivity contribution is 7.91. The zero-order valence-electron chi connectivity index (χ0n) is 12.8. The molecule has 2 aromatic carbocycles. The van der Waals surface area contributed by atoms with Crippen molar-refractivity contribution in [1.29, 1.82) is 0 Å². The maximum absolute atomic E-state index is 12.6. The molecule has 0 saturated heterocycles. The zero-order valence-corrected chi connectivity index (χ0v) is 13.6. The second-order valence-electron chi connectivity index (χ2n) is 6.06. The van der Waals surface area contributed by atoms with Gasteiger partial charge in [-0.1, -0.05) is 31.4 Å². The van der Waals surface area contributed by atoms with Crippen molar-refractivity contribution in [1.82, 2.24) is 0 Å². The van der Waals surface area contributed by atoms with E-state index < -0.39 is 15.6 Å². The molecule has 2 aromatic rings. The molecule has 0 atom stereocenters. The Morgan fingerprint density at radius 1 is 0.783 bits per heavy atom. The molecule has 122 valence electrons. The quantitative estimate of drug-likeness (QED) is 0.834. The van der Waals surface area contributed by atoms with E-state index in [9.17, 15) is 18.6 Å². The highest BCUT2D eigenvalue weighted by atomic mass is 32.2. The standard InChI is InChI=1S/C18H20O4S/c19-17-11-10-16(12-18(17)20)23(21,22)15-8-6-14(7-9-15)13-4-2-1-3-5-13/h6-13,19-20H,1-5H2. The molecule has 1 saturated carbocycles. The Hall–Kier alpha value is -2.01. The molecule has 0 aliphatic heterocycles. The Morgan fingerprint density at radius 2 is 1.39 bits per heavy atom. The minimum Gasteiger partial charge on any atom is -0.504 e. The highest BCUT2D eigenvalue weighted by Gasteiger charge is 2.20. The van der Waals surface area contributed by atoms with E-state index in [1.165, 1.54) is 37.0 Å². The topological polar surface area (TPSA) is 74.6 Å². The molecular weight excluding hydrogens is 312 g/mol. The lowest BCUT2D eigenvalue weighted by Gasteiger charge is -2.22. The van der Waals surface area contributed by atoms with Crippen LogP contribution in [0.4, 0.5) is 0 Å². The van der Waals surface area contributed by atoms with E-state index in [-0.39, 0.29) is 15.5 Å². The van der Waals surface area contributed by atoms with Gasteiger partial charge in [0.1, 0.15) is 0 Å². The van der Waals surface area contributed by atoms with Gasteiger partial charge in [0, 0.05) is 6.07 Å². The predicted molar refractivity (Wildman–Crippen MR) is 87.5 cm³/mol.